The summed E-state index contributed by atoms with van der Waals surface area (Å²) in [5, 5.41) is 46.9. The van der Waals surface area contributed by atoms with Crippen molar-refractivity contribution in [3.63, 3.8) is 0 Å². The van der Waals surface area contributed by atoms with Crippen LogP contribution in [0.25, 0.3) is 16.9 Å². The summed E-state index contributed by atoms with van der Waals surface area (Å²) in [5.74, 6) is -6.64. The largest absolute Gasteiger partial charge is 0.508 e. The van der Waals surface area contributed by atoms with Gasteiger partial charge in [0.2, 0.25) is 5.78 Å². The second-order valence-electron chi connectivity index (χ2n) is 14.1. The number of aliphatic imine (C=N–C) groups is 1. The Labute approximate surface area is 262 Å². The highest BCUT2D eigenvalue weighted by molar-refractivity contribution is 6.25. The van der Waals surface area contributed by atoms with Crippen molar-refractivity contribution in [1.29, 1.82) is 0 Å². The second-order valence-corrected chi connectivity index (χ2v) is 14.1. The summed E-state index contributed by atoms with van der Waals surface area (Å²) >= 11 is 0. The molecule has 10 heteroatoms. The highest BCUT2D eigenvalue weighted by Crippen LogP contribution is 2.57. The van der Waals surface area contributed by atoms with E-state index in [2.05, 4.69) is 32.5 Å². The molecule has 1 amide bonds. The van der Waals surface area contributed by atoms with Crippen LogP contribution in [0.15, 0.2) is 52.2 Å². The van der Waals surface area contributed by atoms with Crippen LogP contribution in [0.5, 0.6) is 5.75 Å². The number of hydrogen-bond acceptors (Lipinski definition) is 9. The van der Waals surface area contributed by atoms with Crippen LogP contribution >= 0.6 is 0 Å². The number of carbonyl (C=O) groups excluding carboxylic acids is 3. The third kappa shape index (κ3) is 4.45. The van der Waals surface area contributed by atoms with E-state index in [1.54, 1.807) is 14.1 Å². The third-order valence-corrected chi connectivity index (χ3v) is 9.80. The maximum Gasteiger partial charge on any atom is 0.255 e. The van der Waals surface area contributed by atoms with Gasteiger partial charge >= 0.3 is 0 Å². The van der Waals surface area contributed by atoms with E-state index in [0.29, 0.717) is 16.7 Å². The molecule has 1 saturated carbocycles. The van der Waals surface area contributed by atoms with Crippen LogP contribution in [0.4, 0.5) is 0 Å². The zero-order valence-electron chi connectivity index (χ0n) is 26.7. The van der Waals surface area contributed by atoms with Crippen molar-refractivity contribution in [2.24, 2.45) is 16.6 Å². The number of aromatic hydroxyl groups is 1. The molecule has 0 radical (unpaired) electrons. The molecule has 0 bridgehead atoms. The molecule has 2 aromatic carbocycles. The summed E-state index contributed by atoms with van der Waals surface area (Å²) in [5.41, 5.74) is 3.44. The maximum atomic E-state index is 14.5. The lowest BCUT2D eigenvalue weighted by Gasteiger charge is -2.53. The number of aliphatic hydroxyl groups excluding tert-OH is 2. The SMILES string of the molecule is C=N[C@@]12Cc3c(C(C)C)cc(-c4ccc(C(C)(C)C)cc4)c(O)c3C(O)=C1C(=O)[C@]1(O)C(O)=C(C(N)=O)C(=O)[C@@H](N(C)C)[C@@H]1C2. The normalized spacial score (nSPS) is 26.6. The molecule has 0 unspecified atom stereocenters. The first kappa shape index (κ1) is 32.1. The number of benzene rings is 2. The molecule has 6 N–H and O–H groups in total. The number of nitrogens with zero attached hydrogens (tertiary/aromatic N) is 2. The van der Waals surface area contributed by atoms with E-state index in [9.17, 15) is 34.8 Å². The summed E-state index contributed by atoms with van der Waals surface area (Å²) < 4.78 is 0. The fourth-order valence-corrected chi connectivity index (χ4v) is 7.45. The number of primary amides is 1. The fourth-order valence-electron chi connectivity index (χ4n) is 7.45. The highest BCUT2D eigenvalue weighted by Gasteiger charge is 2.68. The fraction of sp³-hybridized carbons (Fsp3) is 0.429. The van der Waals surface area contributed by atoms with Crippen LogP contribution < -0.4 is 5.73 Å². The van der Waals surface area contributed by atoms with Gasteiger partial charge in [-0.3, -0.25) is 24.3 Å². The van der Waals surface area contributed by atoms with Gasteiger partial charge in [-0.15, -0.1) is 0 Å². The van der Waals surface area contributed by atoms with Crippen molar-refractivity contribution in [2.45, 2.75) is 76.0 Å². The molecule has 1 fully saturated rings. The molecular formula is C35H41N3O7. The van der Waals surface area contributed by atoms with E-state index >= 15 is 0 Å². The summed E-state index contributed by atoms with van der Waals surface area (Å²) in [6.07, 6.45) is -0.161. The van der Waals surface area contributed by atoms with Gasteiger partial charge < -0.3 is 26.2 Å². The first-order chi connectivity index (χ1) is 20.8. The molecular weight excluding hydrogens is 574 g/mol. The topological polar surface area (TPSA) is 174 Å². The number of Topliss-reactive ketones (excluding diaryl/α,β-unsaturated/α-hetero) is 2. The Balaban J connectivity index is 1.81. The van der Waals surface area contributed by atoms with Gasteiger partial charge in [-0.1, -0.05) is 58.9 Å². The summed E-state index contributed by atoms with van der Waals surface area (Å²) in [4.78, 5) is 46.0. The lowest BCUT2D eigenvalue weighted by atomic mass is 9.54. The van der Waals surface area contributed by atoms with E-state index in [4.69, 9.17) is 5.73 Å². The molecule has 4 atom stereocenters. The Morgan fingerprint density at radius 1 is 1.11 bits per heavy atom. The second kappa shape index (κ2) is 10.4. The molecule has 3 aliphatic carbocycles. The molecule has 238 valence electrons. The first-order valence-electron chi connectivity index (χ1n) is 15.0. The zero-order valence-corrected chi connectivity index (χ0v) is 26.7. The number of likely N-dealkylation sites (N-methyl/N-ethyl adjacent to an activating group) is 1. The van der Waals surface area contributed by atoms with Crippen molar-refractivity contribution in [2.75, 3.05) is 14.1 Å². The van der Waals surface area contributed by atoms with Crippen molar-refractivity contribution in [1.82, 2.24) is 4.90 Å². The average molecular weight is 616 g/mol. The Bertz CT molecular complexity index is 1730. The third-order valence-electron chi connectivity index (χ3n) is 9.80. The van der Waals surface area contributed by atoms with Crippen molar-refractivity contribution >= 4 is 30.0 Å². The van der Waals surface area contributed by atoms with Gasteiger partial charge in [-0.05, 0) is 66.9 Å². The van der Waals surface area contributed by atoms with Gasteiger partial charge in [0.25, 0.3) is 5.91 Å². The molecule has 0 aliphatic heterocycles. The van der Waals surface area contributed by atoms with E-state index in [1.165, 1.54) is 4.90 Å². The Kier molecular flexibility index (Phi) is 7.41. The number of aliphatic hydroxyl groups is 3. The number of phenolic OH excluding ortho intramolecular Hbond substituents is 1. The first-order valence-corrected chi connectivity index (χ1v) is 15.0. The molecule has 5 rings (SSSR count). The smallest absolute Gasteiger partial charge is 0.255 e. The molecule has 45 heavy (non-hydrogen) atoms. The van der Waals surface area contributed by atoms with Crippen LogP contribution in [0.2, 0.25) is 0 Å². The maximum absolute atomic E-state index is 14.5. The molecule has 0 aromatic heterocycles. The van der Waals surface area contributed by atoms with Gasteiger partial charge in [0.05, 0.1) is 22.7 Å². The Morgan fingerprint density at radius 3 is 2.20 bits per heavy atom. The van der Waals surface area contributed by atoms with Crippen LogP contribution in [0, 0.1) is 5.92 Å². The molecule has 0 spiro atoms. The number of fused-ring (bicyclic) bond motifs is 3. The number of carbonyl (C=O) groups is 3. The number of nitrogens with two attached hydrogens (primary N) is 1. The van der Waals surface area contributed by atoms with Crippen LogP contribution in [-0.2, 0) is 26.2 Å². The lowest BCUT2D eigenvalue weighted by molar-refractivity contribution is -0.154. The van der Waals surface area contributed by atoms with E-state index in [0.717, 1.165) is 11.1 Å². The quantitative estimate of drug-likeness (QED) is 0.249. The number of rotatable bonds is 5. The number of hydrogen-bond donors (Lipinski definition) is 5. The number of phenols is 1. The summed E-state index contributed by atoms with van der Waals surface area (Å²) in [6, 6.07) is 8.39. The molecule has 3 aliphatic rings. The van der Waals surface area contributed by atoms with Gasteiger partial charge in [0, 0.05) is 17.9 Å². The van der Waals surface area contributed by atoms with Crippen molar-refractivity contribution in [3.8, 4) is 16.9 Å². The monoisotopic (exact) mass is 615 g/mol. The summed E-state index contributed by atoms with van der Waals surface area (Å²) in [7, 11) is 3.10. The van der Waals surface area contributed by atoms with Gasteiger partial charge in [-0.25, -0.2) is 0 Å². The predicted octanol–water partition coefficient (Wildman–Crippen LogP) is 3.88. The highest BCUT2D eigenvalue weighted by atomic mass is 16.3. The van der Waals surface area contributed by atoms with E-state index in [1.807, 2.05) is 44.2 Å². The van der Waals surface area contributed by atoms with Crippen LogP contribution in [-0.4, -0.2) is 80.8 Å². The predicted molar refractivity (Wildman–Crippen MR) is 171 cm³/mol. The zero-order chi connectivity index (χ0) is 33.5. The van der Waals surface area contributed by atoms with Gasteiger partial charge in [0.1, 0.15) is 22.8 Å². The number of ketones is 2. The minimum Gasteiger partial charge on any atom is -0.508 e. The van der Waals surface area contributed by atoms with E-state index < -0.39 is 57.7 Å². The lowest BCUT2D eigenvalue weighted by Crippen LogP contribution is -2.68. The Morgan fingerprint density at radius 2 is 1.71 bits per heavy atom. The molecule has 0 saturated heterocycles. The van der Waals surface area contributed by atoms with Gasteiger partial charge in [-0.2, -0.15) is 0 Å². The average Bonchev–Trinajstić information content (AvgIpc) is 2.94. The minimum absolute atomic E-state index is 0.0232. The standard InChI is InChI=1S/C35H41N3O7/c1-16(2)19-13-20(17-9-11-18(12-10-17)33(3,4)5)27(39)23-21(19)14-34(37-6)15-22-26(38(7)8)29(41)24(32(36)44)30(42)35(22,45)31(43)25(34)28(23)40/h9-13,16,22,26,39-40,42,45H,6,14-15H2,1-5,7-8H3,(H2,36,44)/t22-,26-,34+,35+/m0/s1. The molecule has 10 nitrogen and oxygen atoms in total. The van der Waals surface area contributed by atoms with Gasteiger partial charge in [0.15, 0.2) is 11.4 Å². The van der Waals surface area contributed by atoms with Crippen molar-refractivity contribution < 1.29 is 34.8 Å². The van der Waals surface area contributed by atoms with Crippen LogP contribution in [0.3, 0.4) is 0 Å². The molecule has 0 heterocycles. The summed E-state index contributed by atoms with van der Waals surface area (Å²) in [6.45, 7) is 14.0. The minimum atomic E-state index is -2.78. The van der Waals surface area contributed by atoms with Crippen LogP contribution in [0.1, 0.15) is 69.2 Å². The Hall–Kier alpha value is -4.28. The number of amides is 1. The molecule has 2 aromatic rings. The van der Waals surface area contributed by atoms with Crippen molar-refractivity contribution in [3.05, 3.63) is 69.5 Å². The van der Waals surface area contributed by atoms with E-state index in [-0.39, 0.29) is 41.1 Å².